The van der Waals surface area contributed by atoms with Gasteiger partial charge in [0.15, 0.2) is 0 Å². The first-order chi connectivity index (χ1) is 13.9. The molecule has 6 heteroatoms. The second-order valence-corrected chi connectivity index (χ2v) is 7.00. The van der Waals surface area contributed by atoms with Gasteiger partial charge in [0.25, 0.3) is 5.91 Å². The van der Waals surface area contributed by atoms with Crippen LogP contribution in [0.5, 0.6) is 5.75 Å². The number of anilines is 2. The highest BCUT2D eigenvalue weighted by atomic mass is 16.5. The largest absolute Gasteiger partial charge is 0.487 e. The van der Waals surface area contributed by atoms with E-state index in [0.717, 1.165) is 17.7 Å². The first-order valence-corrected chi connectivity index (χ1v) is 9.70. The van der Waals surface area contributed by atoms with Crippen LogP contribution in [0, 0.1) is 0 Å². The summed E-state index contributed by atoms with van der Waals surface area (Å²) in [6, 6.07) is 14.4. The number of rotatable bonds is 10. The van der Waals surface area contributed by atoms with E-state index in [4.69, 9.17) is 4.74 Å². The molecule has 0 heterocycles. The zero-order chi connectivity index (χ0) is 21.2. The van der Waals surface area contributed by atoms with E-state index >= 15 is 0 Å². The highest BCUT2D eigenvalue weighted by Crippen LogP contribution is 2.24. The van der Waals surface area contributed by atoms with E-state index in [1.165, 1.54) is 0 Å². The fourth-order valence-corrected chi connectivity index (χ4v) is 2.43. The summed E-state index contributed by atoms with van der Waals surface area (Å²) in [5.74, 6) is 0.349. The van der Waals surface area contributed by atoms with Crippen molar-refractivity contribution in [1.82, 2.24) is 5.32 Å². The summed E-state index contributed by atoms with van der Waals surface area (Å²) in [5, 5.41) is 8.81. The van der Waals surface area contributed by atoms with Gasteiger partial charge in [-0.3, -0.25) is 9.59 Å². The Kier molecular flexibility index (Phi) is 8.27. The third kappa shape index (κ3) is 7.33. The van der Waals surface area contributed by atoms with Gasteiger partial charge in [0, 0.05) is 17.3 Å². The smallest absolute Gasteiger partial charge is 0.251 e. The van der Waals surface area contributed by atoms with Crippen LogP contribution in [0.3, 0.4) is 0 Å². The van der Waals surface area contributed by atoms with Crippen molar-refractivity contribution in [3.05, 3.63) is 66.2 Å². The van der Waals surface area contributed by atoms with E-state index in [2.05, 4.69) is 22.5 Å². The highest BCUT2D eigenvalue weighted by Gasteiger charge is 2.10. The molecule has 0 fully saturated rings. The number of hydrogen-bond acceptors (Lipinski definition) is 4. The molecule has 2 amide bonds. The van der Waals surface area contributed by atoms with E-state index in [-0.39, 0.29) is 24.4 Å². The first-order valence-electron chi connectivity index (χ1n) is 9.70. The summed E-state index contributed by atoms with van der Waals surface area (Å²) >= 11 is 0. The molecule has 1 atom stereocenters. The van der Waals surface area contributed by atoms with Gasteiger partial charge in [-0.25, -0.2) is 0 Å². The third-order valence-corrected chi connectivity index (χ3v) is 4.22. The Labute approximate surface area is 172 Å². The number of carbonyl (C=O) groups excluding carboxylic acids is 2. The molecule has 0 radical (unpaired) electrons. The van der Waals surface area contributed by atoms with E-state index in [1.54, 1.807) is 24.3 Å². The Morgan fingerprint density at radius 2 is 1.79 bits per heavy atom. The van der Waals surface area contributed by atoms with Gasteiger partial charge in [-0.2, -0.15) is 0 Å². The Morgan fingerprint density at radius 3 is 2.45 bits per heavy atom. The van der Waals surface area contributed by atoms with Crippen LogP contribution in [0.2, 0.25) is 0 Å². The summed E-state index contributed by atoms with van der Waals surface area (Å²) in [5.41, 5.74) is 2.84. The van der Waals surface area contributed by atoms with Crippen LogP contribution in [0.15, 0.2) is 60.7 Å². The van der Waals surface area contributed by atoms with Gasteiger partial charge in [0.05, 0.1) is 12.2 Å². The molecule has 0 aliphatic heterocycles. The summed E-state index contributed by atoms with van der Waals surface area (Å²) in [6.45, 7) is 10.2. The summed E-state index contributed by atoms with van der Waals surface area (Å²) in [6.07, 6.45) is 0.869. The van der Waals surface area contributed by atoms with Crippen molar-refractivity contribution in [3.8, 4) is 5.75 Å². The van der Waals surface area contributed by atoms with Crippen LogP contribution in [-0.4, -0.2) is 31.0 Å². The lowest BCUT2D eigenvalue weighted by Crippen LogP contribution is -2.31. The minimum Gasteiger partial charge on any atom is -0.487 e. The quantitative estimate of drug-likeness (QED) is 0.526. The molecule has 0 saturated heterocycles. The van der Waals surface area contributed by atoms with Crippen molar-refractivity contribution in [3.63, 3.8) is 0 Å². The van der Waals surface area contributed by atoms with Crippen LogP contribution >= 0.6 is 0 Å². The number of hydrogen-bond donors (Lipinski definition) is 3. The predicted octanol–water partition coefficient (Wildman–Crippen LogP) is 4.22. The van der Waals surface area contributed by atoms with Gasteiger partial charge in [0.1, 0.15) is 12.4 Å². The monoisotopic (exact) mass is 395 g/mol. The Bertz CT molecular complexity index is 847. The molecule has 29 heavy (non-hydrogen) atoms. The number of ether oxygens (including phenoxy) is 1. The lowest BCUT2D eigenvalue weighted by molar-refractivity contribution is -0.114. The van der Waals surface area contributed by atoms with Gasteiger partial charge < -0.3 is 20.7 Å². The maximum atomic E-state index is 12.3. The van der Waals surface area contributed by atoms with Gasteiger partial charge in [-0.15, -0.1) is 0 Å². The molecule has 2 aromatic rings. The van der Waals surface area contributed by atoms with E-state index < -0.39 is 0 Å². The highest BCUT2D eigenvalue weighted by molar-refractivity contribution is 5.96. The summed E-state index contributed by atoms with van der Waals surface area (Å²) in [4.78, 5) is 24.4. The molecular formula is C23H29N3O3. The zero-order valence-electron chi connectivity index (χ0n) is 17.2. The van der Waals surface area contributed by atoms with Crippen molar-refractivity contribution in [2.45, 2.75) is 33.2 Å². The maximum absolute atomic E-state index is 12.3. The fourth-order valence-electron chi connectivity index (χ4n) is 2.43. The van der Waals surface area contributed by atoms with E-state index in [0.29, 0.717) is 23.6 Å². The second kappa shape index (κ2) is 10.9. The summed E-state index contributed by atoms with van der Waals surface area (Å²) in [7, 11) is 0. The molecule has 0 aromatic heterocycles. The number of nitrogens with one attached hydrogen (secondary N) is 3. The Hall–Kier alpha value is -3.28. The normalized spacial score (nSPS) is 11.3. The molecule has 154 valence electrons. The summed E-state index contributed by atoms with van der Waals surface area (Å²) < 4.78 is 5.69. The van der Waals surface area contributed by atoms with Gasteiger partial charge in [0.2, 0.25) is 5.91 Å². The molecule has 6 nitrogen and oxygen atoms in total. The molecule has 0 aliphatic rings. The molecule has 0 aliphatic carbocycles. The van der Waals surface area contributed by atoms with Gasteiger partial charge >= 0.3 is 0 Å². The second-order valence-electron chi connectivity index (χ2n) is 7.00. The van der Waals surface area contributed by atoms with Crippen molar-refractivity contribution in [1.29, 1.82) is 0 Å². The predicted molar refractivity (Wildman–Crippen MR) is 118 cm³/mol. The maximum Gasteiger partial charge on any atom is 0.251 e. The van der Waals surface area contributed by atoms with Crippen molar-refractivity contribution >= 4 is 23.2 Å². The average molecular weight is 396 g/mol. The van der Waals surface area contributed by atoms with Crippen molar-refractivity contribution in [2.75, 3.05) is 23.8 Å². The third-order valence-electron chi connectivity index (χ3n) is 4.22. The van der Waals surface area contributed by atoms with Gasteiger partial charge in [-0.1, -0.05) is 25.6 Å². The molecule has 2 aromatic carbocycles. The van der Waals surface area contributed by atoms with E-state index in [1.807, 2.05) is 45.0 Å². The minimum atomic E-state index is -0.198. The number of amides is 2. The zero-order valence-corrected chi connectivity index (χ0v) is 17.2. The van der Waals surface area contributed by atoms with Crippen LogP contribution in [0.4, 0.5) is 11.4 Å². The molecule has 3 N–H and O–H groups in total. The molecular weight excluding hydrogens is 366 g/mol. The molecule has 0 saturated carbocycles. The first kappa shape index (κ1) is 22.0. The van der Waals surface area contributed by atoms with Crippen molar-refractivity contribution < 1.29 is 14.3 Å². The number of benzene rings is 2. The molecule has 0 spiro atoms. The van der Waals surface area contributed by atoms with E-state index in [9.17, 15) is 9.59 Å². The lowest BCUT2D eigenvalue weighted by atomic mass is 10.1. The fraction of sp³-hybridized carbons (Fsp3) is 0.304. The van der Waals surface area contributed by atoms with Crippen LogP contribution in [0.25, 0.3) is 0 Å². The number of carbonyl (C=O) groups is 2. The Balaban J connectivity index is 1.88. The van der Waals surface area contributed by atoms with Crippen molar-refractivity contribution in [2.24, 2.45) is 0 Å². The SMILES string of the molecule is C=C(C)COc1ccccc1NCC(=O)Nc1ccc(C(=O)NC(C)CC)cc1. The minimum absolute atomic E-state index is 0.0870. The number of para-hydroxylation sites is 2. The molecule has 0 bridgehead atoms. The lowest BCUT2D eigenvalue weighted by Gasteiger charge is -2.13. The Morgan fingerprint density at radius 1 is 1.10 bits per heavy atom. The standard InChI is InChI=1S/C23H29N3O3/c1-5-17(4)25-23(28)18-10-12-19(13-11-18)26-22(27)14-24-20-8-6-7-9-21(20)29-15-16(2)3/h6-13,17,24H,2,5,14-15H2,1,3-4H3,(H,25,28)(H,26,27). The van der Waals surface area contributed by atoms with Crippen LogP contribution < -0.4 is 20.7 Å². The molecule has 2 rings (SSSR count). The van der Waals surface area contributed by atoms with Crippen LogP contribution in [0.1, 0.15) is 37.6 Å². The molecule has 1 unspecified atom stereocenters. The average Bonchev–Trinajstić information content (AvgIpc) is 2.71. The van der Waals surface area contributed by atoms with Crippen LogP contribution in [-0.2, 0) is 4.79 Å². The topological polar surface area (TPSA) is 79.5 Å². The van der Waals surface area contributed by atoms with Gasteiger partial charge in [-0.05, 0) is 62.2 Å².